The molecule has 1 aliphatic rings. The molecule has 0 aliphatic carbocycles. The van der Waals surface area contributed by atoms with Crippen LogP contribution in [0.2, 0.25) is 5.02 Å². The Labute approximate surface area is 257 Å². The highest BCUT2D eigenvalue weighted by atomic mass is 35.5. The van der Waals surface area contributed by atoms with Gasteiger partial charge in [0.25, 0.3) is 5.76 Å². The topological polar surface area (TPSA) is 79.4 Å². The molecule has 3 aromatic carbocycles. The van der Waals surface area contributed by atoms with E-state index in [1.807, 2.05) is 6.92 Å². The molecule has 0 unspecified atom stereocenters. The Balaban J connectivity index is 1.62. The minimum Gasteiger partial charge on any atom is -0.494 e. The van der Waals surface area contributed by atoms with Crippen molar-refractivity contribution in [3.63, 3.8) is 0 Å². The van der Waals surface area contributed by atoms with Gasteiger partial charge in [0, 0.05) is 5.02 Å². The number of benzene rings is 3. The molecule has 2 heterocycles. The molecule has 5 rings (SSSR count). The first-order valence-electron chi connectivity index (χ1n) is 14.5. The molecular formula is C33H32ClF3NO6+. The molecule has 0 amide bonds. The van der Waals surface area contributed by atoms with Crippen molar-refractivity contribution in [1.82, 2.24) is 0 Å². The average Bonchev–Trinajstić information content (AvgIpc) is 3.26. The van der Waals surface area contributed by atoms with Gasteiger partial charge in [0.15, 0.2) is 5.58 Å². The molecule has 0 radical (unpaired) electrons. The number of esters is 1. The van der Waals surface area contributed by atoms with Crippen molar-refractivity contribution in [1.29, 1.82) is 0 Å². The molecule has 7 nitrogen and oxygen atoms in total. The summed E-state index contributed by atoms with van der Waals surface area (Å²) in [5.41, 5.74) is -0.306. The van der Waals surface area contributed by atoms with Gasteiger partial charge in [0.1, 0.15) is 23.8 Å². The Morgan fingerprint density at radius 3 is 2.30 bits per heavy atom. The number of hydrogen-bond acceptors (Lipinski definition) is 6. The van der Waals surface area contributed by atoms with Gasteiger partial charge in [-0.3, -0.25) is 4.79 Å². The number of quaternary nitrogens is 1. The smallest absolute Gasteiger partial charge is 0.453 e. The monoisotopic (exact) mass is 630 g/mol. The predicted octanol–water partition coefficient (Wildman–Crippen LogP) is 7.14. The third-order valence-corrected chi connectivity index (χ3v) is 7.95. The SMILES string of the molecule is CCOc1ccc(C(=O)Oc2ccc3c(=O)c(Oc4ccc(Cl)c(C)c4)c(C(F)(F)F)oc3c2C[NH+]2CCCCCC2)cc1. The predicted molar refractivity (Wildman–Crippen MR) is 159 cm³/mol. The van der Waals surface area contributed by atoms with Crippen LogP contribution in [0.25, 0.3) is 11.0 Å². The molecule has 1 fully saturated rings. The van der Waals surface area contributed by atoms with Crippen LogP contribution in [0.3, 0.4) is 0 Å². The third kappa shape index (κ3) is 7.03. The minimum absolute atomic E-state index is 0.000750. The number of fused-ring (bicyclic) bond motifs is 1. The van der Waals surface area contributed by atoms with Crippen LogP contribution >= 0.6 is 11.6 Å². The molecule has 232 valence electrons. The molecule has 0 spiro atoms. The van der Waals surface area contributed by atoms with Gasteiger partial charge in [0.2, 0.25) is 11.2 Å². The highest BCUT2D eigenvalue weighted by molar-refractivity contribution is 6.31. The lowest BCUT2D eigenvalue weighted by Crippen LogP contribution is -3.10. The Kier molecular flexibility index (Phi) is 9.51. The van der Waals surface area contributed by atoms with E-state index in [0.717, 1.165) is 43.7 Å². The molecule has 1 N–H and O–H groups in total. The van der Waals surface area contributed by atoms with E-state index in [-0.39, 0.29) is 40.1 Å². The summed E-state index contributed by atoms with van der Waals surface area (Å²) in [6.07, 6.45) is -1.07. The normalized spacial score (nSPS) is 14.3. The summed E-state index contributed by atoms with van der Waals surface area (Å²) in [4.78, 5) is 27.9. The maximum Gasteiger partial charge on any atom is 0.453 e. The van der Waals surface area contributed by atoms with E-state index in [0.29, 0.717) is 22.9 Å². The number of halogens is 4. The molecule has 11 heteroatoms. The van der Waals surface area contributed by atoms with Crippen molar-refractivity contribution in [2.45, 2.75) is 52.3 Å². The van der Waals surface area contributed by atoms with Crippen LogP contribution in [-0.4, -0.2) is 25.7 Å². The quantitative estimate of drug-likeness (QED) is 0.165. The fraction of sp³-hybridized carbons (Fsp3) is 0.333. The van der Waals surface area contributed by atoms with Crippen LogP contribution in [0.5, 0.6) is 23.0 Å². The number of likely N-dealkylation sites (tertiary alicyclic amines) is 1. The molecule has 1 aliphatic heterocycles. The summed E-state index contributed by atoms with van der Waals surface area (Å²) in [7, 11) is 0. The van der Waals surface area contributed by atoms with E-state index in [9.17, 15) is 22.8 Å². The molecular weight excluding hydrogens is 599 g/mol. The number of carbonyl (C=O) groups is 1. The number of alkyl halides is 3. The Morgan fingerprint density at radius 2 is 1.66 bits per heavy atom. The van der Waals surface area contributed by atoms with Crippen LogP contribution in [-0.2, 0) is 12.7 Å². The van der Waals surface area contributed by atoms with E-state index >= 15 is 0 Å². The van der Waals surface area contributed by atoms with Gasteiger partial charge in [-0.05, 0) is 99.7 Å². The first-order valence-corrected chi connectivity index (χ1v) is 14.9. The lowest BCUT2D eigenvalue weighted by Gasteiger charge is -2.20. The zero-order valence-corrected chi connectivity index (χ0v) is 25.1. The molecule has 1 aromatic heterocycles. The number of nitrogens with one attached hydrogen (secondary N) is 1. The van der Waals surface area contributed by atoms with Crippen molar-refractivity contribution in [3.8, 4) is 23.0 Å². The van der Waals surface area contributed by atoms with Crippen LogP contribution in [0, 0.1) is 6.92 Å². The van der Waals surface area contributed by atoms with Gasteiger partial charge in [-0.1, -0.05) is 11.6 Å². The van der Waals surface area contributed by atoms with Crippen LogP contribution in [0.4, 0.5) is 13.2 Å². The Bertz CT molecular complexity index is 1710. The van der Waals surface area contributed by atoms with Crippen LogP contribution < -0.4 is 24.5 Å². The summed E-state index contributed by atoms with van der Waals surface area (Å²) in [6.45, 7) is 5.70. The standard InChI is InChI=1S/C33H31ClF3NO6/c1-3-41-22-10-8-21(9-11-22)32(40)43-27-15-13-24-28(39)30(42-23-12-14-26(34)20(2)18-23)31(33(35,36)37)44-29(24)25(27)19-38-16-6-4-5-7-17-38/h8-15,18H,3-7,16-17,19H2,1-2H3/p+1. The lowest BCUT2D eigenvalue weighted by atomic mass is 10.1. The summed E-state index contributed by atoms with van der Waals surface area (Å²) < 4.78 is 65.5. The number of rotatable bonds is 8. The number of ether oxygens (including phenoxy) is 3. The fourth-order valence-electron chi connectivity index (χ4n) is 5.29. The second-order valence-electron chi connectivity index (χ2n) is 10.7. The van der Waals surface area contributed by atoms with Gasteiger partial charge in [0.05, 0.1) is 36.2 Å². The highest BCUT2D eigenvalue weighted by Crippen LogP contribution is 2.40. The Hall–Kier alpha value is -4.02. The Morgan fingerprint density at radius 1 is 0.977 bits per heavy atom. The molecule has 4 aromatic rings. The summed E-state index contributed by atoms with van der Waals surface area (Å²) in [5.74, 6) is -2.68. The van der Waals surface area contributed by atoms with Gasteiger partial charge in [-0.15, -0.1) is 0 Å². The second-order valence-corrected chi connectivity index (χ2v) is 11.1. The van der Waals surface area contributed by atoms with Gasteiger partial charge < -0.3 is 23.5 Å². The third-order valence-electron chi connectivity index (χ3n) is 7.53. The van der Waals surface area contributed by atoms with Crippen LogP contribution in [0.1, 0.15) is 59.9 Å². The minimum atomic E-state index is -5.06. The van der Waals surface area contributed by atoms with Crippen molar-refractivity contribution in [2.75, 3.05) is 19.7 Å². The summed E-state index contributed by atoms with van der Waals surface area (Å²) in [6, 6.07) is 13.3. The van der Waals surface area contributed by atoms with Crippen molar-refractivity contribution in [3.05, 3.63) is 92.3 Å². The van der Waals surface area contributed by atoms with Gasteiger partial charge >= 0.3 is 12.1 Å². The van der Waals surface area contributed by atoms with Gasteiger partial charge in [-0.25, -0.2) is 4.79 Å². The first kappa shape index (κ1) is 31.4. The number of hydrogen-bond donors (Lipinski definition) is 1. The number of carbonyl (C=O) groups excluding carboxylic acids is 1. The molecule has 0 saturated carbocycles. The maximum atomic E-state index is 14.4. The first-order chi connectivity index (χ1) is 21.0. The van der Waals surface area contributed by atoms with E-state index in [1.165, 1.54) is 42.5 Å². The summed E-state index contributed by atoms with van der Waals surface area (Å²) >= 11 is 6.05. The molecule has 44 heavy (non-hydrogen) atoms. The van der Waals surface area contributed by atoms with E-state index in [2.05, 4.69) is 0 Å². The van der Waals surface area contributed by atoms with Crippen LogP contribution in [0.15, 0.2) is 63.8 Å². The largest absolute Gasteiger partial charge is 0.494 e. The van der Waals surface area contributed by atoms with Crippen molar-refractivity contribution < 1.29 is 41.5 Å². The zero-order valence-electron chi connectivity index (χ0n) is 24.3. The molecule has 0 atom stereocenters. The van der Waals surface area contributed by atoms with Crippen molar-refractivity contribution in [2.24, 2.45) is 0 Å². The number of aryl methyl sites for hydroxylation is 1. The summed E-state index contributed by atoms with van der Waals surface area (Å²) in [5, 5.41) is 0.274. The fourth-order valence-corrected chi connectivity index (χ4v) is 5.41. The van der Waals surface area contributed by atoms with Crippen molar-refractivity contribution >= 4 is 28.5 Å². The van der Waals surface area contributed by atoms with E-state index in [4.69, 9.17) is 30.2 Å². The lowest BCUT2D eigenvalue weighted by molar-refractivity contribution is -0.913. The van der Waals surface area contributed by atoms with E-state index in [1.54, 1.807) is 19.1 Å². The zero-order chi connectivity index (χ0) is 31.4. The molecule has 0 bridgehead atoms. The second kappa shape index (κ2) is 13.3. The molecule has 1 saturated heterocycles. The highest BCUT2D eigenvalue weighted by Gasteiger charge is 2.41. The van der Waals surface area contributed by atoms with Gasteiger partial charge in [-0.2, -0.15) is 13.2 Å². The van der Waals surface area contributed by atoms with E-state index < -0.39 is 29.1 Å². The maximum absolute atomic E-state index is 14.4. The average molecular weight is 631 g/mol.